The summed E-state index contributed by atoms with van der Waals surface area (Å²) in [7, 11) is 0. The number of benzene rings is 1. The summed E-state index contributed by atoms with van der Waals surface area (Å²) >= 11 is 0. The van der Waals surface area contributed by atoms with E-state index in [2.05, 4.69) is 150 Å². The van der Waals surface area contributed by atoms with E-state index < -0.39 is 0 Å². The van der Waals surface area contributed by atoms with Crippen molar-refractivity contribution in [3.05, 3.63) is 100 Å². The molecule has 0 aliphatic carbocycles. The van der Waals surface area contributed by atoms with Crippen LogP contribution in [0.5, 0.6) is 0 Å². The van der Waals surface area contributed by atoms with Crippen LogP contribution < -0.4 is 0 Å². The monoisotopic (exact) mass is 499 g/mol. The van der Waals surface area contributed by atoms with Crippen LogP contribution in [0.1, 0.15) is 106 Å². The lowest BCUT2D eigenvalue weighted by Gasteiger charge is -2.32. The summed E-state index contributed by atoms with van der Waals surface area (Å²) in [5.74, 6) is 3.95. The highest BCUT2D eigenvalue weighted by molar-refractivity contribution is 5.88. The van der Waals surface area contributed by atoms with E-state index in [-0.39, 0.29) is 21.7 Å². The molecule has 0 atom stereocenters. The Morgan fingerprint density at radius 3 is 1.51 bits per heavy atom. The van der Waals surface area contributed by atoms with Crippen molar-refractivity contribution in [1.82, 2.24) is 0 Å². The average molecular weight is 500 g/mol. The van der Waals surface area contributed by atoms with Crippen molar-refractivity contribution in [2.24, 2.45) is 10.8 Å². The molecule has 37 heavy (non-hydrogen) atoms. The Kier molecular flexibility index (Phi) is 7.85. The minimum absolute atomic E-state index is 0.0926. The highest BCUT2D eigenvalue weighted by atomic mass is 16.5. The average Bonchev–Trinajstić information content (AvgIpc) is 2.76. The molecular weight excluding hydrogens is 452 g/mol. The molecule has 0 amide bonds. The van der Waals surface area contributed by atoms with E-state index in [9.17, 15) is 0 Å². The topological polar surface area (TPSA) is 20.5 Å². The van der Waals surface area contributed by atoms with Gasteiger partial charge in [-0.05, 0) is 88.1 Å². The van der Waals surface area contributed by atoms with Crippen molar-refractivity contribution in [2.75, 3.05) is 0 Å². The summed E-state index contributed by atoms with van der Waals surface area (Å²) < 4.78 is 12.8. The molecule has 3 rings (SSSR count). The Bertz CT molecular complexity index is 1180. The molecule has 2 heteroatoms. The van der Waals surface area contributed by atoms with Gasteiger partial charge in [-0.1, -0.05) is 71.9 Å². The van der Waals surface area contributed by atoms with Crippen molar-refractivity contribution in [1.29, 1.82) is 0 Å². The Hall–Kier alpha value is -2.87. The zero-order valence-electron chi connectivity index (χ0n) is 25.2. The summed E-state index contributed by atoms with van der Waals surface area (Å²) in [6, 6.07) is 15.0. The summed E-state index contributed by atoms with van der Waals surface area (Å²) in [5.41, 5.74) is 4.24. The first-order valence-electron chi connectivity index (χ1n) is 13.4. The molecule has 0 radical (unpaired) electrons. The molecule has 2 nitrogen and oxygen atoms in total. The van der Waals surface area contributed by atoms with E-state index in [1.807, 2.05) is 0 Å². The van der Waals surface area contributed by atoms with E-state index in [1.54, 1.807) is 0 Å². The minimum Gasteiger partial charge on any atom is -0.465 e. The van der Waals surface area contributed by atoms with Gasteiger partial charge in [-0.15, -0.1) is 0 Å². The van der Waals surface area contributed by atoms with Crippen LogP contribution in [-0.4, -0.2) is 0 Å². The van der Waals surface area contributed by atoms with Gasteiger partial charge in [-0.25, -0.2) is 4.42 Å². The highest BCUT2D eigenvalue weighted by Crippen LogP contribution is 2.40. The third kappa shape index (κ3) is 7.57. The summed E-state index contributed by atoms with van der Waals surface area (Å²) in [6.07, 6.45) is 8.95. The van der Waals surface area contributed by atoms with Crippen molar-refractivity contribution < 1.29 is 9.15 Å². The fourth-order valence-corrected chi connectivity index (χ4v) is 3.89. The van der Waals surface area contributed by atoms with Crippen molar-refractivity contribution in [3.8, 4) is 0 Å². The predicted molar refractivity (Wildman–Crippen MR) is 159 cm³/mol. The summed E-state index contributed by atoms with van der Waals surface area (Å²) in [6.45, 7) is 26.4. The highest BCUT2D eigenvalue weighted by Gasteiger charge is 2.34. The third-order valence-electron chi connectivity index (χ3n) is 6.34. The van der Waals surface area contributed by atoms with Gasteiger partial charge in [0.25, 0.3) is 0 Å². The molecule has 0 saturated carbocycles. The van der Waals surface area contributed by atoms with E-state index in [0.717, 1.165) is 39.7 Å². The zero-order valence-corrected chi connectivity index (χ0v) is 25.2. The quantitative estimate of drug-likeness (QED) is 0.391. The molecule has 2 aromatic rings. The smallest absolute Gasteiger partial charge is 0.335 e. The maximum absolute atomic E-state index is 6.41. The van der Waals surface area contributed by atoms with E-state index in [1.165, 1.54) is 5.56 Å². The lowest BCUT2D eigenvalue weighted by Crippen LogP contribution is -2.21. The first-order chi connectivity index (χ1) is 16.8. The number of ether oxygens (including phenoxy) is 1. The second-order valence-electron chi connectivity index (χ2n) is 14.3. The number of allylic oxidation sites excluding steroid dienone is 7. The SMILES string of the molecule is CC(C)(C)C1=CC(=C/C(=C/c2cc(C(C)(C)C)[o+]c(C(C)(C)C)c2)c2ccccc2)C=C(C(C)(C)C)O1. The molecule has 0 N–H and O–H groups in total. The molecule has 1 aliphatic rings. The number of hydrogen-bond donors (Lipinski definition) is 0. The van der Waals surface area contributed by atoms with Crippen LogP contribution >= 0.6 is 0 Å². The molecule has 0 spiro atoms. The minimum atomic E-state index is -0.0926. The van der Waals surface area contributed by atoms with Gasteiger partial charge in [0.2, 0.25) is 0 Å². The molecule has 0 fully saturated rings. The van der Waals surface area contributed by atoms with Gasteiger partial charge >= 0.3 is 11.5 Å². The van der Waals surface area contributed by atoms with Crippen LogP contribution in [0.25, 0.3) is 11.6 Å². The Labute approximate surface area is 225 Å². The summed E-state index contributed by atoms with van der Waals surface area (Å²) in [5, 5.41) is 0. The van der Waals surface area contributed by atoms with Gasteiger partial charge in [-0.2, -0.15) is 0 Å². The Morgan fingerprint density at radius 2 is 1.11 bits per heavy atom. The molecule has 198 valence electrons. The third-order valence-corrected chi connectivity index (χ3v) is 6.34. The van der Waals surface area contributed by atoms with Crippen LogP contribution in [0.4, 0.5) is 0 Å². The van der Waals surface area contributed by atoms with Gasteiger partial charge in [0, 0.05) is 23.0 Å². The van der Waals surface area contributed by atoms with Crippen molar-refractivity contribution in [2.45, 2.75) is 93.9 Å². The predicted octanol–water partition coefficient (Wildman–Crippen LogP) is 10.5. The molecule has 0 bridgehead atoms. The Morgan fingerprint density at radius 1 is 0.649 bits per heavy atom. The fraction of sp³-hybridized carbons (Fsp3) is 0.457. The standard InChI is InChI=1S/C35H47O2/c1-32(2,3)28-20-24(21-29(36-28)33(4,5)6)18-27(26-16-14-13-15-17-26)19-25-22-30(34(7,8)9)37-31(23-25)35(10,11)12/h13-23H,1-12H3/q+1. The van der Waals surface area contributed by atoms with Gasteiger partial charge in [0.05, 0.1) is 10.8 Å². The fourth-order valence-electron chi connectivity index (χ4n) is 3.89. The lowest BCUT2D eigenvalue weighted by atomic mass is 9.86. The van der Waals surface area contributed by atoms with Gasteiger partial charge < -0.3 is 4.74 Å². The first-order valence-corrected chi connectivity index (χ1v) is 13.4. The summed E-state index contributed by atoms with van der Waals surface area (Å²) in [4.78, 5) is 0. The van der Waals surface area contributed by atoms with Crippen molar-refractivity contribution >= 4 is 11.6 Å². The molecular formula is C35H47O2+. The maximum Gasteiger partial charge on any atom is 0.335 e. The number of hydrogen-bond acceptors (Lipinski definition) is 1. The molecule has 1 aromatic heterocycles. The van der Waals surface area contributed by atoms with E-state index in [4.69, 9.17) is 9.15 Å². The lowest BCUT2D eigenvalue weighted by molar-refractivity contribution is 0.161. The second kappa shape index (κ2) is 10.1. The van der Waals surface area contributed by atoms with Crippen molar-refractivity contribution in [3.63, 3.8) is 0 Å². The Balaban J connectivity index is 2.28. The largest absolute Gasteiger partial charge is 0.465 e. The van der Waals surface area contributed by atoms with Crippen LogP contribution in [0.15, 0.2) is 82.2 Å². The van der Waals surface area contributed by atoms with Gasteiger partial charge in [-0.3, -0.25) is 0 Å². The molecule has 2 heterocycles. The van der Waals surface area contributed by atoms with E-state index in [0.29, 0.717) is 0 Å². The maximum atomic E-state index is 6.41. The van der Waals surface area contributed by atoms with Crippen LogP contribution in [0.2, 0.25) is 0 Å². The van der Waals surface area contributed by atoms with Gasteiger partial charge in [0.1, 0.15) is 11.5 Å². The van der Waals surface area contributed by atoms with E-state index >= 15 is 0 Å². The number of rotatable bonds is 3. The first kappa shape index (κ1) is 28.7. The molecule has 1 aromatic carbocycles. The van der Waals surface area contributed by atoms with Crippen LogP contribution in [0, 0.1) is 10.8 Å². The normalized spacial score (nSPS) is 15.7. The molecule has 1 aliphatic heterocycles. The van der Waals surface area contributed by atoms with Crippen LogP contribution in [-0.2, 0) is 15.6 Å². The van der Waals surface area contributed by atoms with Gasteiger partial charge in [0.15, 0.2) is 0 Å². The molecule has 0 unspecified atom stereocenters. The molecule has 0 saturated heterocycles. The second-order valence-corrected chi connectivity index (χ2v) is 14.3. The van der Waals surface area contributed by atoms with Crippen LogP contribution in [0.3, 0.4) is 0 Å². The zero-order chi connectivity index (χ0) is 27.8.